The molecule has 0 unspecified atom stereocenters. The number of carbonyl (C=O) groups is 1. The van der Waals surface area contributed by atoms with E-state index >= 15 is 0 Å². The lowest BCUT2D eigenvalue weighted by Gasteiger charge is -2.29. The van der Waals surface area contributed by atoms with Crippen LogP contribution in [-0.2, 0) is 19.6 Å². The van der Waals surface area contributed by atoms with Crippen LogP contribution >= 0.6 is 12.4 Å². The first kappa shape index (κ1) is 22.6. The Bertz CT molecular complexity index is 749. The van der Waals surface area contributed by atoms with Crippen LogP contribution in [0.4, 0.5) is 20.2 Å². The zero-order valence-electron chi connectivity index (χ0n) is 14.3. The second-order valence-corrected chi connectivity index (χ2v) is 7.57. The summed E-state index contributed by atoms with van der Waals surface area (Å²) in [5.74, 6) is -2.83. The van der Waals surface area contributed by atoms with E-state index in [0.29, 0.717) is 25.6 Å². The van der Waals surface area contributed by atoms with Crippen molar-refractivity contribution in [1.29, 1.82) is 0 Å². The van der Waals surface area contributed by atoms with Crippen LogP contribution in [0.3, 0.4) is 0 Å². The highest BCUT2D eigenvalue weighted by atomic mass is 35.5. The fraction of sp³-hybridized carbons (Fsp3) is 0.533. The summed E-state index contributed by atoms with van der Waals surface area (Å²) in [7, 11) is -3.75. The summed E-state index contributed by atoms with van der Waals surface area (Å²) in [5.41, 5.74) is -0.744. The van der Waals surface area contributed by atoms with Crippen molar-refractivity contribution in [3.63, 3.8) is 0 Å². The molecule has 3 N–H and O–H groups in total. The molecule has 26 heavy (non-hydrogen) atoms. The summed E-state index contributed by atoms with van der Waals surface area (Å²) in [6.07, 6.45) is -0.0766. The molecule has 1 aromatic carbocycles. The Hall–Kier alpha value is -1.49. The highest BCUT2D eigenvalue weighted by Gasteiger charge is 2.29. The normalized spacial score (nSPS) is 20.2. The van der Waals surface area contributed by atoms with Crippen molar-refractivity contribution in [1.82, 2.24) is 5.32 Å². The number of rotatable bonds is 6. The van der Waals surface area contributed by atoms with Crippen LogP contribution in [0.15, 0.2) is 12.1 Å². The van der Waals surface area contributed by atoms with Crippen molar-refractivity contribution >= 4 is 39.7 Å². The molecule has 11 heteroatoms. The molecule has 2 atom stereocenters. The van der Waals surface area contributed by atoms with Gasteiger partial charge in [0, 0.05) is 12.6 Å². The van der Waals surface area contributed by atoms with Gasteiger partial charge >= 0.3 is 0 Å². The molecular formula is C15H22ClF2N3O4S. The molecule has 0 saturated carbocycles. The third-order valence-electron chi connectivity index (χ3n) is 3.65. The minimum absolute atomic E-state index is 0. The summed E-state index contributed by atoms with van der Waals surface area (Å²) >= 11 is 0. The number of nitrogens with one attached hydrogen (secondary N) is 3. The molecule has 0 aliphatic carbocycles. The Morgan fingerprint density at radius 2 is 1.96 bits per heavy atom. The van der Waals surface area contributed by atoms with Crippen molar-refractivity contribution in [3.05, 3.63) is 23.8 Å². The van der Waals surface area contributed by atoms with Crippen molar-refractivity contribution in [2.75, 3.05) is 28.9 Å². The SMILES string of the molecule is CCCS(=O)(=O)Nc1cc(NC(=O)[C@H]2NCCO[C@@H]2C)c(F)cc1F.Cl. The van der Waals surface area contributed by atoms with Gasteiger partial charge in [-0.25, -0.2) is 17.2 Å². The molecule has 1 heterocycles. The molecule has 1 aliphatic heterocycles. The number of anilines is 2. The van der Waals surface area contributed by atoms with Crippen molar-refractivity contribution in [2.24, 2.45) is 0 Å². The van der Waals surface area contributed by atoms with Crippen LogP contribution in [0.2, 0.25) is 0 Å². The lowest BCUT2D eigenvalue weighted by Crippen LogP contribution is -2.53. The van der Waals surface area contributed by atoms with Crippen molar-refractivity contribution in [3.8, 4) is 0 Å². The summed E-state index contributed by atoms with van der Waals surface area (Å²) in [5, 5.41) is 5.28. The van der Waals surface area contributed by atoms with Crippen LogP contribution in [-0.4, -0.2) is 45.4 Å². The molecule has 0 spiro atoms. The van der Waals surface area contributed by atoms with Gasteiger partial charge in [0.1, 0.15) is 17.7 Å². The van der Waals surface area contributed by atoms with Crippen LogP contribution in [0.1, 0.15) is 20.3 Å². The number of hydrogen-bond acceptors (Lipinski definition) is 5. The second kappa shape index (κ2) is 9.45. The first-order valence-corrected chi connectivity index (χ1v) is 9.54. The van der Waals surface area contributed by atoms with Crippen LogP contribution in [0.25, 0.3) is 0 Å². The van der Waals surface area contributed by atoms with Gasteiger partial charge in [0.2, 0.25) is 15.9 Å². The summed E-state index contributed by atoms with van der Waals surface area (Å²) in [6, 6.07) is 0.746. The Balaban J connectivity index is 0.00000338. The molecule has 0 bridgehead atoms. The molecular weight excluding hydrogens is 392 g/mol. The Morgan fingerprint density at radius 1 is 1.31 bits per heavy atom. The van der Waals surface area contributed by atoms with E-state index in [1.54, 1.807) is 13.8 Å². The maximum Gasteiger partial charge on any atom is 0.244 e. The van der Waals surface area contributed by atoms with Gasteiger partial charge in [-0.1, -0.05) is 6.92 Å². The van der Waals surface area contributed by atoms with E-state index in [-0.39, 0.29) is 23.8 Å². The van der Waals surface area contributed by atoms with E-state index in [1.165, 1.54) is 0 Å². The van der Waals surface area contributed by atoms with Gasteiger partial charge in [-0.3, -0.25) is 9.52 Å². The van der Waals surface area contributed by atoms with Crippen molar-refractivity contribution < 1.29 is 26.7 Å². The Morgan fingerprint density at radius 3 is 2.58 bits per heavy atom. The number of morpholine rings is 1. The monoisotopic (exact) mass is 413 g/mol. The minimum Gasteiger partial charge on any atom is -0.375 e. The maximum absolute atomic E-state index is 14.0. The fourth-order valence-corrected chi connectivity index (χ4v) is 3.58. The lowest BCUT2D eigenvalue weighted by molar-refractivity contribution is -0.123. The number of ether oxygens (including phenoxy) is 1. The van der Waals surface area contributed by atoms with E-state index < -0.39 is 45.4 Å². The molecule has 148 valence electrons. The number of benzene rings is 1. The first-order chi connectivity index (χ1) is 11.7. The average Bonchev–Trinajstić information content (AvgIpc) is 2.52. The molecule has 7 nitrogen and oxygen atoms in total. The third kappa shape index (κ3) is 5.76. The van der Waals surface area contributed by atoms with E-state index in [2.05, 4.69) is 15.4 Å². The molecule has 0 radical (unpaired) electrons. The van der Waals surface area contributed by atoms with E-state index in [4.69, 9.17) is 4.74 Å². The topological polar surface area (TPSA) is 96.5 Å². The molecule has 1 amide bonds. The lowest BCUT2D eigenvalue weighted by atomic mass is 10.1. The molecule has 0 aromatic heterocycles. The zero-order chi connectivity index (χ0) is 18.6. The van der Waals surface area contributed by atoms with Gasteiger partial charge in [0.15, 0.2) is 0 Å². The fourth-order valence-electron chi connectivity index (χ4n) is 2.45. The van der Waals surface area contributed by atoms with E-state index in [1.807, 2.05) is 0 Å². The number of amides is 1. The predicted octanol–water partition coefficient (Wildman–Crippen LogP) is 1.85. The van der Waals surface area contributed by atoms with Crippen LogP contribution in [0.5, 0.6) is 0 Å². The molecule has 2 rings (SSSR count). The van der Waals surface area contributed by atoms with Crippen molar-refractivity contribution in [2.45, 2.75) is 32.4 Å². The third-order valence-corrected chi connectivity index (χ3v) is 5.13. The van der Waals surface area contributed by atoms with Crippen LogP contribution < -0.4 is 15.4 Å². The minimum atomic E-state index is -3.75. The summed E-state index contributed by atoms with van der Waals surface area (Å²) < 4.78 is 58.7. The van der Waals surface area contributed by atoms with Gasteiger partial charge in [-0.15, -0.1) is 12.4 Å². The Labute approximate surface area is 157 Å². The van der Waals surface area contributed by atoms with E-state index in [0.717, 1.165) is 6.07 Å². The number of carbonyl (C=O) groups excluding carboxylic acids is 1. The number of hydrogen-bond donors (Lipinski definition) is 3. The second-order valence-electron chi connectivity index (χ2n) is 5.73. The van der Waals surface area contributed by atoms with Gasteiger partial charge in [-0.05, 0) is 19.4 Å². The average molecular weight is 414 g/mol. The summed E-state index contributed by atoms with van der Waals surface area (Å²) in [6.45, 7) is 4.28. The standard InChI is InChI=1S/C15H21F2N3O4S.ClH/c1-3-6-25(22,23)20-13-8-12(10(16)7-11(13)17)19-15(21)14-9(2)24-5-4-18-14;/h7-9,14,18,20H,3-6H2,1-2H3,(H,19,21);1H/t9-,14+;/m1./s1. The first-order valence-electron chi connectivity index (χ1n) is 7.89. The highest BCUT2D eigenvalue weighted by Crippen LogP contribution is 2.25. The molecule has 1 aliphatic rings. The molecule has 1 fully saturated rings. The zero-order valence-corrected chi connectivity index (χ0v) is 16.0. The molecule has 1 saturated heterocycles. The van der Waals surface area contributed by atoms with E-state index in [9.17, 15) is 22.0 Å². The summed E-state index contributed by atoms with van der Waals surface area (Å²) in [4.78, 5) is 12.3. The quantitative estimate of drug-likeness (QED) is 0.661. The largest absolute Gasteiger partial charge is 0.375 e. The number of halogens is 3. The number of sulfonamides is 1. The van der Waals surface area contributed by atoms with Gasteiger partial charge in [0.05, 0.1) is 29.8 Å². The highest BCUT2D eigenvalue weighted by molar-refractivity contribution is 7.92. The Kier molecular flexibility index (Phi) is 8.19. The van der Waals surface area contributed by atoms with Gasteiger partial charge < -0.3 is 15.4 Å². The predicted molar refractivity (Wildman–Crippen MR) is 97.1 cm³/mol. The maximum atomic E-state index is 14.0. The van der Waals surface area contributed by atoms with Gasteiger partial charge in [-0.2, -0.15) is 0 Å². The van der Waals surface area contributed by atoms with Gasteiger partial charge in [0.25, 0.3) is 0 Å². The van der Waals surface area contributed by atoms with Crippen LogP contribution in [0, 0.1) is 11.6 Å². The smallest absolute Gasteiger partial charge is 0.244 e. The molecule has 1 aromatic rings.